The molecule has 6 nitrogen and oxygen atoms in total. The third kappa shape index (κ3) is 2.87. The second kappa shape index (κ2) is 5.61. The van der Waals surface area contributed by atoms with E-state index in [1.54, 1.807) is 17.2 Å². The number of morpholine rings is 1. The third-order valence-corrected chi connectivity index (χ3v) is 4.03. The van der Waals surface area contributed by atoms with Crippen LogP contribution >= 0.6 is 0 Å². The largest absolute Gasteiger partial charge is 0.505 e. The Labute approximate surface area is 123 Å². The normalized spacial score (nSPS) is 26.0. The van der Waals surface area contributed by atoms with Crippen LogP contribution < -0.4 is 0 Å². The first-order valence-electron chi connectivity index (χ1n) is 7.26. The van der Waals surface area contributed by atoms with Gasteiger partial charge in [0.15, 0.2) is 5.69 Å². The summed E-state index contributed by atoms with van der Waals surface area (Å²) in [5.74, 6) is -0.318. The van der Waals surface area contributed by atoms with Crippen LogP contribution in [0.3, 0.4) is 0 Å². The Morgan fingerprint density at radius 3 is 3.05 bits per heavy atom. The molecule has 0 bridgehead atoms. The number of ether oxygens (including phenoxy) is 2. The maximum atomic E-state index is 12.6. The lowest BCUT2D eigenvalue weighted by atomic mass is 9.94. The van der Waals surface area contributed by atoms with Gasteiger partial charge in [0.05, 0.1) is 19.8 Å². The highest BCUT2D eigenvalue weighted by molar-refractivity contribution is 5.95. The number of amides is 1. The van der Waals surface area contributed by atoms with Gasteiger partial charge in [0.2, 0.25) is 0 Å². The summed E-state index contributed by atoms with van der Waals surface area (Å²) in [7, 11) is 0. The summed E-state index contributed by atoms with van der Waals surface area (Å²) in [4.78, 5) is 18.3. The number of nitrogens with zero attached hydrogens (tertiary/aromatic N) is 2. The molecular weight excluding hydrogens is 272 g/mol. The summed E-state index contributed by atoms with van der Waals surface area (Å²) < 4.78 is 11.4. The summed E-state index contributed by atoms with van der Waals surface area (Å²) in [5, 5.41) is 9.93. The molecule has 0 saturated carbocycles. The fourth-order valence-corrected chi connectivity index (χ4v) is 2.95. The molecule has 114 valence electrons. The number of rotatable bonds is 1. The number of carbonyl (C=O) groups is 1. The number of hydrogen-bond donors (Lipinski definition) is 1. The molecule has 6 heteroatoms. The van der Waals surface area contributed by atoms with Gasteiger partial charge in [-0.1, -0.05) is 0 Å². The maximum absolute atomic E-state index is 12.6. The maximum Gasteiger partial charge on any atom is 0.276 e. The van der Waals surface area contributed by atoms with E-state index in [1.165, 1.54) is 0 Å². The molecule has 2 aliphatic heterocycles. The molecule has 1 spiro atoms. The Kier molecular flexibility index (Phi) is 3.82. The number of carbonyl (C=O) groups excluding carboxylic acids is 1. The monoisotopic (exact) mass is 292 g/mol. The lowest BCUT2D eigenvalue weighted by Gasteiger charge is -2.44. The predicted molar refractivity (Wildman–Crippen MR) is 75.3 cm³/mol. The molecule has 21 heavy (non-hydrogen) atoms. The van der Waals surface area contributed by atoms with Gasteiger partial charge in [-0.2, -0.15) is 0 Å². The quantitative estimate of drug-likeness (QED) is 0.839. The van der Waals surface area contributed by atoms with Gasteiger partial charge in [-0.25, -0.2) is 4.98 Å². The minimum absolute atomic E-state index is 0.0690. The molecule has 1 aromatic rings. The van der Waals surface area contributed by atoms with Crippen molar-refractivity contribution in [3.05, 3.63) is 23.5 Å². The zero-order chi connectivity index (χ0) is 14.9. The van der Waals surface area contributed by atoms with Gasteiger partial charge in [-0.15, -0.1) is 0 Å². The van der Waals surface area contributed by atoms with Crippen LogP contribution in [0.2, 0.25) is 0 Å². The van der Waals surface area contributed by atoms with Gasteiger partial charge < -0.3 is 19.5 Å². The summed E-state index contributed by atoms with van der Waals surface area (Å²) in [5.41, 5.74) is 0.532. The smallest absolute Gasteiger partial charge is 0.276 e. The van der Waals surface area contributed by atoms with E-state index < -0.39 is 5.60 Å². The van der Waals surface area contributed by atoms with Crippen molar-refractivity contribution in [1.29, 1.82) is 0 Å². The number of aromatic nitrogens is 1. The lowest BCUT2D eigenvalue weighted by molar-refractivity contribution is -0.160. The van der Waals surface area contributed by atoms with Gasteiger partial charge >= 0.3 is 0 Å². The molecule has 1 unspecified atom stereocenters. The van der Waals surface area contributed by atoms with Gasteiger partial charge in [0, 0.05) is 19.3 Å². The zero-order valence-corrected chi connectivity index (χ0v) is 12.2. The van der Waals surface area contributed by atoms with Gasteiger partial charge in [-0.3, -0.25) is 4.79 Å². The van der Waals surface area contributed by atoms with Crippen LogP contribution in [0.1, 0.15) is 28.9 Å². The average Bonchev–Trinajstić information content (AvgIpc) is 2.47. The van der Waals surface area contributed by atoms with E-state index in [4.69, 9.17) is 9.47 Å². The van der Waals surface area contributed by atoms with E-state index in [1.807, 2.05) is 6.92 Å². The third-order valence-electron chi connectivity index (χ3n) is 4.03. The summed E-state index contributed by atoms with van der Waals surface area (Å²) in [6.45, 7) is 4.58. The van der Waals surface area contributed by atoms with Crippen LogP contribution in [-0.2, 0) is 9.47 Å². The molecule has 3 rings (SSSR count). The highest BCUT2D eigenvalue weighted by Gasteiger charge is 2.40. The number of hydrogen-bond acceptors (Lipinski definition) is 5. The Balaban J connectivity index is 1.77. The summed E-state index contributed by atoms with van der Waals surface area (Å²) >= 11 is 0. The Morgan fingerprint density at radius 2 is 2.33 bits per heavy atom. The van der Waals surface area contributed by atoms with Crippen LogP contribution in [0.4, 0.5) is 0 Å². The van der Waals surface area contributed by atoms with Crippen molar-refractivity contribution in [3.63, 3.8) is 0 Å². The second-order valence-corrected chi connectivity index (χ2v) is 5.79. The van der Waals surface area contributed by atoms with E-state index in [-0.39, 0.29) is 17.4 Å². The lowest BCUT2D eigenvalue weighted by Crippen LogP contribution is -2.57. The molecule has 0 aromatic carbocycles. The first-order valence-corrected chi connectivity index (χ1v) is 7.26. The standard InChI is InChI=1S/C15H20N2O4/c1-11-7-12(18)13(16-8-11)14(19)17-4-6-21-15(9-17)3-2-5-20-10-15/h7-8,18H,2-6,9-10H2,1H3. The Hall–Kier alpha value is -1.66. The molecule has 2 fully saturated rings. The SMILES string of the molecule is Cc1cnc(C(=O)N2CCOC3(CCCOC3)C2)c(O)c1. The topological polar surface area (TPSA) is 71.9 Å². The number of aromatic hydroxyl groups is 1. The number of aryl methyl sites for hydroxylation is 1. The molecule has 0 aliphatic carbocycles. The van der Waals surface area contributed by atoms with Gasteiger partial charge in [0.1, 0.15) is 11.4 Å². The fraction of sp³-hybridized carbons (Fsp3) is 0.600. The minimum Gasteiger partial charge on any atom is -0.505 e. The van der Waals surface area contributed by atoms with E-state index in [9.17, 15) is 9.90 Å². The van der Waals surface area contributed by atoms with E-state index in [2.05, 4.69) is 4.98 Å². The summed E-state index contributed by atoms with van der Waals surface area (Å²) in [6.07, 6.45) is 3.42. The zero-order valence-electron chi connectivity index (χ0n) is 12.2. The van der Waals surface area contributed by atoms with Crippen LogP contribution in [0, 0.1) is 6.92 Å². The van der Waals surface area contributed by atoms with Crippen molar-refractivity contribution >= 4 is 5.91 Å². The van der Waals surface area contributed by atoms with Crippen LogP contribution in [0.5, 0.6) is 5.75 Å². The molecule has 1 atom stereocenters. The Bertz CT molecular complexity index is 535. The second-order valence-electron chi connectivity index (χ2n) is 5.79. The minimum atomic E-state index is -0.396. The molecule has 0 radical (unpaired) electrons. The predicted octanol–water partition coefficient (Wildman–Crippen LogP) is 1.12. The van der Waals surface area contributed by atoms with E-state index >= 15 is 0 Å². The van der Waals surface area contributed by atoms with Crippen LogP contribution in [0.25, 0.3) is 0 Å². The Morgan fingerprint density at radius 1 is 1.48 bits per heavy atom. The highest BCUT2D eigenvalue weighted by Crippen LogP contribution is 2.29. The molecule has 2 aliphatic rings. The van der Waals surface area contributed by atoms with Crippen molar-refractivity contribution in [3.8, 4) is 5.75 Å². The molecule has 2 saturated heterocycles. The van der Waals surface area contributed by atoms with E-state index in [0.29, 0.717) is 26.3 Å². The molecule has 1 aromatic heterocycles. The van der Waals surface area contributed by atoms with Crippen molar-refractivity contribution in [2.24, 2.45) is 0 Å². The fourth-order valence-electron chi connectivity index (χ4n) is 2.95. The average molecular weight is 292 g/mol. The number of pyridine rings is 1. The van der Waals surface area contributed by atoms with E-state index in [0.717, 1.165) is 25.0 Å². The summed E-state index contributed by atoms with van der Waals surface area (Å²) in [6, 6.07) is 1.56. The van der Waals surface area contributed by atoms with Gasteiger partial charge in [-0.05, 0) is 31.4 Å². The molecule has 1 amide bonds. The first-order chi connectivity index (χ1) is 10.1. The van der Waals surface area contributed by atoms with Crippen LogP contribution in [0.15, 0.2) is 12.3 Å². The highest BCUT2D eigenvalue weighted by atomic mass is 16.5. The van der Waals surface area contributed by atoms with Crippen molar-refractivity contribution in [2.75, 3.05) is 32.9 Å². The van der Waals surface area contributed by atoms with Crippen molar-refractivity contribution in [2.45, 2.75) is 25.4 Å². The molecule has 1 N–H and O–H groups in total. The van der Waals surface area contributed by atoms with Crippen molar-refractivity contribution in [1.82, 2.24) is 9.88 Å². The van der Waals surface area contributed by atoms with Crippen LogP contribution in [-0.4, -0.2) is 59.4 Å². The van der Waals surface area contributed by atoms with Crippen molar-refractivity contribution < 1.29 is 19.4 Å². The van der Waals surface area contributed by atoms with Gasteiger partial charge in [0.25, 0.3) is 5.91 Å². The molecular formula is C15H20N2O4. The molecule has 3 heterocycles. The first kappa shape index (κ1) is 14.3.